The fourth-order valence-electron chi connectivity index (χ4n) is 2.66. The van der Waals surface area contributed by atoms with Gasteiger partial charge in [-0.1, -0.05) is 6.07 Å². The molecule has 0 spiro atoms. The van der Waals surface area contributed by atoms with Gasteiger partial charge >= 0.3 is 6.03 Å². The number of amides is 2. The Labute approximate surface area is 123 Å². The number of anilines is 2. The van der Waals surface area contributed by atoms with E-state index in [1.165, 1.54) is 5.56 Å². The van der Waals surface area contributed by atoms with Crippen LogP contribution < -0.4 is 16.0 Å². The monoisotopic (exact) mass is 285 g/mol. The molecule has 6 nitrogen and oxygen atoms in total. The Morgan fingerprint density at radius 3 is 3.10 bits per heavy atom. The third-order valence-electron chi connectivity index (χ3n) is 3.87. The molecule has 3 rings (SSSR count). The summed E-state index contributed by atoms with van der Waals surface area (Å²) in [6.45, 7) is 3.37. The van der Waals surface area contributed by atoms with E-state index in [1.54, 1.807) is 11.1 Å². The van der Waals surface area contributed by atoms with Crippen LogP contribution in [0.25, 0.3) is 0 Å². The highest BCUT2D eigenvalue weighted by molar-refractivity contribution is 5.92. The molecule has 0 bridgehead atoms. The molecule has 0 aliphatic carbocycles. The first-order chi connectivity index (χ1) is 10.1. The molecule has 2 heterocycles. The van der Waals surface area contributed by atoms with E-state index in [-0.39, 0.29) is 0 Å². The van der Waals surface area contributed by atoms with Crippen molar-refractivity contribution in [2.24, 2.45) is 5.73 Å². The van der Waals surface area contributed by atoms with Gasteiger partial charge in [0.25, 0.3) is 0 Å². The van der Waals surface area contributed by atoms with E-state index < -0.39 is 6.03 Å². The predicted molar refractivity (Wildman–Crippen MR) is 82.3 cm³/mol. The van der Waals surface area contributed by atoms with Gasteiger partial charge in [-0.25, -0.2) is 4.79 Å². The second-order valence-electron chi connectivity index (χ2n) is 5.32. The van der Waals surface area contributed by atoms with Crippen LogP contribution in [0.2, 0.25) is 0 Å². The van der Waals surface area contributed by atoms with Crippen LogP contribution in [0, 0.1) is 6.92 Å². The minimum absolute atomic E-state index is 0.391. The molecule has 1 aliphatic rings. The summed E-state index contributed by atoms with van der Waals surface area (Å²) in [5, 5.41) is 10.3. The summed E-state index contributed by atoms with van der Waals surface area (Å²) in [4.78, 5) is 13.2. The van der Waals surface area contributed by atoms with Gasteiger partial charge in [-0.05, 0) is 43.0 Å². The summed E-state index contributed by atoms with van der Waals surface area (Å²) in [6, 6.07) is 5.70. The zero-order chi connectivity index (χ0) is 14.8. The number of hydrogen-bond acceptors (Lipinski definition) is 3. The van der Waals surface area contributed by atoms with Crippen LogP contribution >= 0.6 is 0 Å². The largest absolute Gasteiger partial charge is 0.379 e. The van der Waals surface area contributed by atoms with E-state index >= 15 is 0 Å². The number of fused-ring (bicyclic) bond motifs is 1. The molecule has 0 unspecified atom stereocenters. The maximum atomic E-state index is 11.5. The van der Waals surface area contributed by atoms with Gasteiger partial charge in [0, 0.05) is 12.2 Å². The van der Waals surface area contributed by atoms with E-state index in [0.29, 0.717) is 13.1 Å². The van der Waals surface area contributed by atoms with Crippen LogP contribution in [0.3, 0.4) is 0 Å². The highest BCUT2D eigenvalue weighted by Crippen LogP contribution is 2.30. The van der Waals surface area contributed by atoms with Crippen molar-refractivity contribution >= 4 is 17.4 Å². The summed E-state index contributed by atoms with van der Waals surface area (Å²) in [5.41, 5.74) is 10.7. The summed E-state index contributed by atoms with van der Waals surface area (Å²) in [6.07, 6.45) is 3.74. The smallest absolute Gasteiger partial charge is 0.319 e. The Morgan fingerprint density at radius 2 is 2.38 bits per heavy atom. The zero-order valence-electron chi connectivity index (χ0n) is 12.0. The topological polar surface area (TPSA) is 87.0 Å². The molecular weight excluding hydrogens is 266 g/mol. The van der Waals surface area contributed by atoms with E-state index in [0.717, 1.165) is 35.5 Å². The summed E-state index contributed by atoms with van der Waals surface area (Å²) >= 11 is 0. The molecule has 0 atom stereocenters. The van der Waals surface area contributed by atoms with E-state index in [9.17, 15) is 4.79 Å². The number of hydrogen-bond donors (Lipinski definition) is 3. The van der Waals surface area contributed by atoms with Crippen LogP contribution in [0.4, 0.5) is 16.2 Å². The van der Waals surface area contributed by atoms with Crippen LogP contribution in [-0.4, -0.2) is 22.8 Å². The van der Waals surface area contributed by atoms with Gasteiger partial charge in [0.1, 0.15) is 0 Å². The SMILES string of the molecule is Cc1cn[nH]c1CNc1ccc2c(c1)N(C(N)=O)CCC2. The molecule has 1 aromatic heterocycles. The van der Waals surface area contributed by atoms with Crippen molar-refractivity contribution in [1.82, 2.24) is 10.2 Å². The third-order valence-corrected chi connectivity index (χ3v) is 3.87. The average Bonchev–Trinajstić information content (AvgIpc) is 2.89. The predicted octanol–water partition coefficient (Wildman–Crippen LogP) is 2.16. The molecule has 0 fully saturated rings. The standard InChI is InChI=1S/C15H19N5O/c1-10-8-18-19-13(10)9-17-12-5-4-11-3-2-6-20(15(16)21)14(11)7-12/h4-5,7-8,17H,2-3,6,9H2,1H3,(H2,16,21)(H,18,19). The van der Waals surface area contributed by atoms with Crippen LogP contribution in [0.15, 0.2) is 24.4 Å². The molecule has 110 valence electrons. The van der Waals surface area contributed by atoms with Crippen molar-refractivity contribution in [3.63, 3.8) is 0 Å². The van der Waals surface area contributed by atoms with Gasteiger partial charge in [-0.3, -0.25) is 10.00 Å². The molecule has 4 N–H and O–H groups in total. The number of benzene rings is 1. The molecule has 0 saturated carbocycles. The lowest BCUT2D eigenvalue weighted by Crippen LogP contribution is -2.39. The van der Waals surface area contributed by atoms with E-state index in [4.69, 9.17) is 5.73 Å². The summed E-state index contributed by atoms with van der Waals surface area (Å²) in [7, 11) is 0. The van der Waals surface area contributed by atoms with Crippen LogP contribution in [0.5, 0.6) is 0 Å². The fourth-order valence-corrected chi connectivity index (χ4v) is 2.66. The van der Waals surface area contributed by atoms with Gasteiger partial charge in [0.15, 0.2) is 0 Å². The number of carbonyl (C=O) groups excluding carboxylic acids is 1. The number of aromatic amines is 1. The molecule has 2 aromatic rings. The fraction of sp³-hybridized carbons (Fsp3) is 0.333. The Kier molecular flexibility index (Phi) is 3.51. The maximum absolute atomic E-state index is 11.5. The molecule has 21 heavy (non-hydrogen) atoms. The first-order valence-electron chi connectivity index (χ1n) is 7.08. The second kappa shape index (κ2) is 5.47. The van der Waals surface area contributed by atoms with Gasteiger partial charge in [0.2, 0.25) is 0 Å². The van der Waals surface area contributed by atoms with Crippen molar-refractivity contribution in [3.05, 3.63) is 41.2 Å². The number of H-pyrrole nitrogens is 1. The Balaban J connectivity index is 1.80. The number of nitrogens with zero attached hydrogens (tertiary/aromatic N) is 2. The van der Waals surface area contributed by atoms with Gasteiger partial charge in [0.05, 0.1) is 24.1 Å². The van der Waals surface area contributed by atoms with Gasteiger partial charge < -0.3 is 11.1 Å². The first-order valence-corrected chi connectivity index (χ1v) is 7.08. The van der Waals surface area contributed by atoms with Gasteiger partial charge in [-0.15, -0.1) is 0 Å². The Morgan fingerprint density at radius 1 is 1.52 bits per heavy atom. The Bertz CT molecular complexity index is 664. The molecule has 1 aliphatic heterocycles. The van der Waals surface area contributed by atoms with Crippen LogP contribution in [-0.2, 0) is 13.0 Å². The highest BCUT2D eigenvalue weighted by atomic mass is 16.2. The minimum atomic E-state index is -0.391. The average molecular weight is 285 g/mol. The number of urea groups is 1. The molecular formula is C15H19N5O. The third kappa shape index (κ3) is 2.69. The van der Waals surface area contributed by atoms with Crippen molar-refractivity contribution < 1.29 is 4.79 Å². The summed E-state index contributed by atoms with van der Waals surface area (Å²) < 4.78 is 0. The number of primary amides is 1. The number of aryl methyl sites for hydroxylation is 2. The quantitative estimate of drug-likeness (QED) is 0.807. The number of nitrogens with two attached hydrogens (primary N) is 1. The number of carbonyl (C=O) groups is 1. The summed E-state index contributed by atoms with van der Waals surface area (Å²) in [5.74, 6) is 0. The normalized spacial score (nSPS) is 13.9. The van der Waals surface area contributed by atoms with Crippen molar-refractivity contribution in [3.8, 4) is 0 Å². The van der Waals surface area contributed by atoms with E-state index in [2.05, 4.69) is 21.6 Å². The van der Waals surface area contributed by atoms with Gasteiger partial charge in [-0.2, -0.15) is 5.10 Å². The molecule has 0 saturated heterocycles. The van der Waals surface area contributed by atoms with Crippen molar-refractivity contribution in [2.75, 3.05) is 16.8 Å². The Hall–Kier alpha value is -2.50. The van der Waals surface area contributed by atoms with E-state index in [1.807, 2.05) is 19.1 Å². The lowest BCUT2D eigenvalue weighted by atomic mass is 10.0. The number of aromatic nitrogens is 2. The lowest BCUT2D eigenvalue weighted by molar-refractivity contribution is 0.253. The van der Waals surface area contributed by atoms with Crippen LogP contribution in [0.1, 0.15) is 23.2 Å². The highest BCUT2D eigenvalue weighted by Gasteiger charge is 2.20. The first kappa shape index (κ1) is 13.5. The van der Waals surface area contributed by atoms with Crippen molar-refractivity contribution in [2.45, 2.75) is 26.3 Å². The second-order valence-corrected chi connectivity index (χ2v) is 5.32. The zero-order valence-corrected chi connectivity index (χ0v) is 12.0. The molecule has 1 aromatic carbocycles. The molecule has 2 amide bonds. The minimum Gasteiger partial charge on any atom is -0.379 e. The number of nitrogens with one attached hydrogen (secondary N) is 2. The molecule has 6 heteroatoms. The lowest BCUT2D eigenvalue weighted by Gasteiger charge is -2.28. The van der Waals surface area contributed by atoms with Crippen molar-refractivity contribution in [1.29, 1.82) is 0 Å². The number of rotatable bonds is 3. The maximum Gasteiger partial charge on any atom is 0.319 e. The molecule has 0 radical (unpaired) electrons.